The maximum absolute atomic E-state index is 12.5. The van der Waals surface area contributed by atoms with E-state index in [2.05, 4.69) is 0 Å². The molecule has 2 aromatic rings. The van der Waals surface area contributed by atoms with Gasteiger partial charge in [-0.25, -0.2) is 4.79 Å². The fraction of sp³-hybridized carbons (Fsp3) is 0.238. The number of benzene rings is 2. The lowest BCUT2D eigenvalue weighted by molar-refractivity contribution is -0.139. The summed E-state index contributed by atoms with van der Waals surface area (Å²) in [7, 11) is 0. The number of allylic oxidation sites excluding steroid dienone is 1. The molecule has 0 aliphatic carbocycles. The van der Waals surface area contributed by atoms with Crippen LogP contribution in [0, 0.1) is 5.92 Å². The Hall–Kier alpha value is -2.89. The molecule has 0 aliphatic rings. The van der Waals surface area contributed by atoms with Crippen LogP contribution in [0.2, 0.25) is 0 Å². The van der Waals surface area contributed by atoms with E-state index in [0.717, 1.165) is 29.8 Å². The van der Waals surface area contributed by atoms with Crippen molar-refractivity contribution in [1.29, 1.82) is 0 Å². The average Bonchev–Trinajstić information content (AvgIpc) is 2.65. The number of Topliss-reactive ketones (excluding diaryl/α,β-unsaturated/α-hetero) is 1. The third-order valence-corrected chi connectivity index (χ3v) is 3.83. The van der Waals surface area contributed by atoms with E-state index in [1.807, 2.05) is 30.3 Å². The van der Waals surface area contributed by atoms with Crippen molar-refractivity contribution in [1.82, 2.24) is 0 Å². The minimum Gasteiger partial charge on any atom is -0.458 e. The van der Waals surface area contributed by atoms with Gasteiger partial charge in [-0.1, -0.05) is 55.5 Å². The van der Waals surface area contributed by atoms with Gasteiger partial charge in [0.15, 0.2) is 5.78 Å². The molecule has 2 aromatic carbocycles. The summed E-state index contributed by atoms with van der Waals surface area (Å²) in [6.45, 7) is 1.89. The predicted molar refractivity (Wildman–Crippen MR) is 94.9 cm³/mol. The summed E-state index contributed by atoms with van der Waals surface area (Å²) >= 11 is 0. The maximum atomic E-state index is 12.5. The Morgan fingerprint density at radius 1 is 1.04 bits per heavy atom. The van der Waals surface area contributed by atoms with Gasteiger partial charge in [-0.15, -0.1) is 0 Å². The molecule has 2 rings (SSSR count). The summed E-state index contributed by atoms with van der Waals surface area (Å²) in [6.07, 6.45) is -1.55. The molecule has 6 heteroatoms. The van der Waals surface area contributed by atoms with Crippen molar-refractivity contribution in [3.05, 3.63) is 83.4 Å². The van der Waals surface area contributed by atoms with Crippen molar-refractivity contribution < 1.29 is 27.5 Å². The first-order valence-electron chi connectivity index (χ1n) is 8.35. The van der Waals surface area contributed by atoms with Crippen LogP contribution in [0.1, 0.15) is 34.8 Å². The number of halogens is 3. The van der Waals surface area contributed by atoms with E-state index in [-0.39, 0.29) is 30.3 Å². The molecule has 0 aliphatic heterocycles. The van der Waals surface area contributed by atoms with Crippen molar-refractivity contribution in [3.63, 3.8) is 0 Å². The first-order valence-corrected chi connectivity index (χ1v) is 8.35. The van der Waals surface area contributed by atoms with Crippen LogP contribution in [-0.2, 0) is 22.3 Å². The van der Waals surface area contributed by atoms with Gasteiger partial charge in [-0.05, 0) is 23.6 Å². The fourth-order valence-corrected chi connectivity index (χ4v) is 2.34. The molecule has 0 saturated heterocycles. The third-order valence-electron chi connectivity index (χ3n) is 3.83. The van der Waals surface area contributed by atoms with E-state index in [0.29, 0.717) is 0 Å². The molecule has 0 N–H and O–H groups in total. The molecule has 3 nitrogen and oxygen atoms in total. The van der Waals surface area contributed by atoms with Crippen LogP contribution < -0.4 is 0 Å². The van der Waals surface area contributed by atoms with Gasteiger partial charge in [0.2, 0.25) is 0 Å². The van der Waals surface area contributed by atoms with E-state index >= 15 is 0 Å². The van der Waals surface area contributed by atoms with Crippen LogP contribution in [0.3, 0.4) is 0 Å². The molecule has 0 spiro atoms. The number of carbonyl (C=O) groups excluding carboxylic acids is 2. The highest BCUT2D eigenvalue weighted by molar-refractivity contribution is 5.96. The molecule has 0 saturated carbocycles. The molecule has 1 atom stereocenters. The Morgan fingerprint density at radius 2 is 1.67 bits per heavy atom. The van der Waals surface area contributed by atoms with Gasteiger partial charge in [0.25, 0.3) is 0 Å². The van der Waals surface area contributed by atoms with E-state index in [1.165, 1.54) is 6.08 Å². The van der Waals surface area contributed by atoms with Gasteiger partial charge in [-0.2, -0.15) is 13.2 Å². The molecular weight excluding hydrogens is 357 g/mol. The zero-order chi connectivity index (χ0) is 19.9. The zero-order valence-electron chi connectivity index (χ0n) is 14.7. The first-order chi connectivity index (χ1) is 12.8. The maximum Gasteiger partial charge on any atom is 0.416 e. The quantitative estimate of drug-likeness (QED) is 0.378. The zero-order valence-corrected chi connectivity index (χ0v) is 14.7. The number of rotatable bonds is 7. The molecule has 0 radical (unpaired) electrons. The second-order valence-corrected chi connectivity index (χ2v) is 6.13. The summed E-state index contributed by atoms with van der Waals surface area (Å²) in [5.41, 5.74) is 0.271. The van der Waals surface area contributed by atoms with Crippen molar-refractivity contribution in [3.8, 4) is 0 Å². The molecule has 0 heterocycles. The van der Waals surface area contributed by atoms with Gasteiger partial charge in [0.05, 0.1) is 5.56 Å². The topological polar surface area (TPSA) is 43.4 Å². The molecule has 0 fully saturated rings. The van der Waals surface area contributed by atoms with Crippen LogP contribution in [0.5, 0.6) is 0 Å². The highest BCUT2D eigenvalue weighted by Gasteiger charge is 2.30. The van der Waals surface area contributed by atoms with Gasteiger partial charge < -0.3 is 4.74 Å². The highest BCUT2D eigenvalue weighted by Crippen LogP contribution is 2.29. The minimum absolute atomic E-state index is 0.0772. The van der Waals surface area contributed by atoms with Crippen LogP contribution in [0.15, 0.2) is 66.7 Å². The highest BCUT2D eigenvalue weighted by atomic mass is 19.4. The van der Waals surface area contributed by atoms with Gasteiger partial charge in [0.1, 0.15) is 6.61 Å². The van der Waals surface area contributed by atoms with Crippen LogP contribution >= 0.6 is 0 Å². The Bertz CT molecular complexity index is 794. The van der Waals surface area contributed by atoms with E-state index in [4.69, 9.17) is 4.74 Å². The number of alkyl halides is 3. The molecule has 0 aromatic heterocycles. The molecular formula is C21H19F3O3. The summed E-state index contributed by atoms with van der Waals surface area (Å²) in [5.74, 6) is -1.07. The lowest BCUT2D eigenvalue weighted by Gasteiger charge is -2.08. The van der Waals surface area contributed by atoms with Crippen molar-refractivity contribution in [2.75, 3.05) is 0 Å². The molecule has 27 heavy (non-hydrogen) atoms. The number of ketones is 1. The molecule has 142 valence electrons. The van der Waals surface area contributed by atoms with Crippen molar-refractivity contribution in [2.24, 2.45) is 5.92 Å². The molecule has 0 bridgehead atoms. The van der Waals surface area contributed by atoms with Gasteiger partial charge in [-0.3, -0.25) is 4.79 Å². The number of hydrogen-bond acceptors (Lipinski definition) is 3. The summed E-state index contributed by atoms with van der Waals surface area (Å²) in [4.78, 5) is 23.8. The largest absolute Gasteiger partial charge is 0.458 e. The normalized spacial score (nSPS) is 12.7. The third kappa shape index (κ3) is 6.73. The number of ether oxygens (including phenoxy) is 1. The number of hydrogen-bond donors (Lipinski definition) is 0. The van der Waals surface area contributed by atoms with Crippen LogP contribution in [-0.4, -0.2) is 11.8 Å². The number of carbonyl (C=O) groups is 2. The van der Waals surface area contributed by atoms with E-state index in [1.54, 1.807) is 13.0 Å². The van der Waals surface area contributed by atoms with Crippen molar-refractivity contribution in [2.45, 2.75) is 26.1 Å². The lowest BCUT2D eigenvalue weighted by atomic mass is 9.98. The Labute approximate surface area is 155 Å². The smallest absolute Gasteiger partial charge is 0.416 e. The summed E-state index contributed by atoms with van der Waals surface area (Å²) in [5, 5.41) is 0. The van der Waals surface area contributed by atoms with Crippen LogP contribution in [0.25, 0.3) is 0 Å². The van der Waals surface area contributed by atoms with Gasteiger partial charge in [0, 0.05) is 18.1 Å². The molecule has 0 amide bonds. The predicted octanol–water partition coefficient (Wildman–Crippen LogP) is 5.21. The Balaban J connectivity index is 1.83. The standard InChI is InChI=1S/C21H19F3O3/c1-15(7-12-20(26)27-14-16-5-3-2-4-6-16)13-19(25)17-8-10-18(11-9-17)21(22,23)24/h2-12,15H,13-14H2,1H3/b12-7+. The number of esters is 1. The summed E-state index contributed by atoms with van der Waals surface area (Å²) in [6, 6.07) is 13.3. The molecule has 1 unspecified atom stereocenters. The Morgan fingerprint density at radius 3 is 2.26 bits per heavy atom. The summed E-state index contributed by atoms with van der Waals surface area (Å²) < 4.78 is 42.7. The fourth-order valence-electron chi connectivity index (χ4n) is 2.34. The second-order valence-electron chi connectivity index (χ2n) is 6.13. The van der Waals surface area contributed by atoms with Gasteiger partial charge >= 0.3 is 12.1 Å². The first kappa shape index (κ1) is 20.4. The lowest BCUT2D eigenvalue weighted by Crippen LogP contribution is -2.08. The minimum atomic E-state index is -4.43. The SMILES string of the molecule is CC(/C=C/C(=O)OCc1ccccc1)CC(=O)c1ccc(C(F)(F)F)cc1. The van der Waals surface area contributed by atoms with Crippen LogP contribution in [0.4, 0.5) is 13.2 Å². The Kier molecular flexibility index (Phi) is 6.93. The van der Waals surface area contributed by atoms with E-state index < -0.39 is 17.7 Å². The van der Waals surface area contributed by atoms with E-state index in [9.17, 15) is 22.8 Å². The average molecular weight is 376 g/mol. The van der Waals surface area contributed by atoms with Crippen molar-refractivity contribution >= 4 is 11.8 Å². The second kappa shape index (κ2) is 9.16. The monoisotopic (exact) mass is 376 g/mol.